The van der Waals surface area contributed by atoms with Crippen LogP contribution in [0.5, 0.6) is 5.75 Å². The molecule has 112 valence electrons. The van der Waals surface area contributed by atoms with E-state index in [2.05, 4.69) is 0 Å². The minimum atomic E-state index is -0.853. The monoisotopic (exact) mass is 289 g/mol. The molecule has 1 saturated heterocycles. The number of hydrogen-bond donors (Lipinski definition) is 1. The van der Waals surface area contributed by atoms with Crippen LogP contribution in [0.1, 0.15) is 30.9 Å². The van der Waals surface area contributed by atoms with Crippen LogP contribution >= 0.6 is 0 Å². The van der Waals surface area contributed by atoms with Crippen molar-refractivity contribution in [3.05, 3.63) is 29.8 Å². The van der Waals surface area contributed by atoms with Gasteiger partial charge in [0.1, 0.15) is 5.75 Å². The quantitative estimate of drug-likeness (QED) is 0.921. The molecule has 1 unspecified atom stereocenters. The zero-order valence-electron chi connectivity index (χ0n) is 12.0. The molecule has 3 rings (SSSR count). The molecule has 1 N–H and O–H groups in total. The van der Waals surface area contributed by atoms with E-state index >= 15 is 0 Å². The molecular formula is C16H19NO4. The summed E-state index contributed by atoms with van der Waals surface area (Å²) in [6.45, 7) is 0.721. The van der Waals surface area contributed by atoms with E-state index in [4.69, 9.17) is 9.84 Å². The Kier molecular flexibility index (Phi) is 3.57. The van der Waals surface area contributed by atoms with E-state index in [1.54, 1.807) is 7.11 Å². The van der Waals surface area contributed by atoms with Gasteiger partial charge < -0.3 is 14.7 Å². The summed E-state index contributed by atoms with van der Waals surface area (Å²) in [4.78, 5) is 25.3. The second kappa shape index (κ2) is 5.39. The van der Waals surface area contributed by atoms with Crippen molar-refractivity contribution < 1.29 is 19.4 Å². The highest BCUT2D eigenvalue weighted by atomic mass is 16.5. The van der Waals surface area contributed by atoms with Gasteiger partial charge >= 0.3 is 5.97 Å². The SMILES string of the molecule is COc1ccc(C2CCCN2C(=O)[C@@H]2C[C@@H]2C(=O)O)cc1. The molecule has 0 aromatic heterocycles. The number of carboxylic acids is 1. The van der Waals surface area contributed by atoms with Gasteiger partial charge in [0.15, 0.2) is 0 Å². The summed E-state index contributed by atoms with van der Waals surface area (Å²) in [5.41, 5.74) is 1.09. The Morgan fingerprint density at radius 2 is 1.95 bits per heavy atom. The lowest BCUT2D eigenvalue weighted by atomic mass is 10.0. The van der Waals surface area contributed by atoms with Gasteiger partial charge in [0.05, 0.1) is 25.0 Å². The zero-order valence-corrected chi connectivity index (χ0v) is 12.0. The second-order valence-electron chi connectivity index (χ2n) is 5.75. The largest absolute Gasteiger partial charge is 0.497 e. The molecule has 2 aliphatic rings. The van der Waals surface area contributed by atoms with E-state index in [1.165, 1.54) is 0 Å². The highest BCUT2D eigenvalue weighted by Crippen LogP contribution is 2.43. The van der Waals surface area contributed by atoms with Crippen LogP contribution in [0.2, 0.25) is 0 Å². The molecule has 0 spiro atoms. The molecular weight excluding hydrogens is 270 g/mol. The highest BCUT2D eigenvalue weighted by molar-refractivity contribution is 5.89. The third kappa shape index (κ3) is 2.60. The van der Waals surface area contributed by atoms with Crippen LogP contribution in [-0.4, -0.2) is 35.5 Å². The molecule has 2 fully saturated rings. The molecule has 1 amide bonds. The van der Waals surface area contributed by atoms with Gasteiger partial charge in [-0.05, 0) is 37.0 Å². The van der Waals surface area contributed by atoms with Gasteiger partial charge in [-0.2, -0.15) is 0 Å². The Bertz CT molecular complexity index is 554. The molecule has 0 radical (unpaired) electrons. The second-order valence-corrected chi connectivity index (χ2v) is 5.75. The van der Waals surface area contributed by atoms with Crippen molar-refractivity contribution in [2.45, 2.75) is 25.3 Å². The third-order valence-electron chi connectivity index (χ3n) is 4.46. The van der Waals surface area contributed by atoms with E-state index < -0.39 is 11.9 Å². The fraction of sp³-hybridized carbons (Fsp3) is 0.500. The van der Waals surface area contributed by atoms with Crippen molar-refractivity contribution in [3.63, 3.8) is 0 Å². The lowest BCUT2D eigenvalue weighted by Gasteiger charge is -2.25. The van der Waals surface area contributed by atoms with Crippen LogP contribution in [0.15, 0.2) is 24.3 Å². The van der Waals surface area contributed by atoms with Crippen molar-refractivity contribution in [1.29, 1.82) is 0 Å². The van der Waals surface area contributed by atoms with Crippen molar-refractivity contribution in [2.75, 3.05) is 13.7 Å². The number of ether oxygens (including phenoxy) is 1. The van der Waals surface area contributed by atoms with Gasteiger partial charge in [-0.3, -0.25) is 9.59 Å². The highest BCUT2D eigenvalue weighted by Gasteiger charge is 2.51. The molecule has 1 saturated carbocycles. The van der Waals surface area contributed by atoms with Crippen LogP contribution in [0.3, 0.4) is 0 Å². The maximum atomic E-state index is 12.5. The lowest BCUT2D eigenvalue weighted by Crippen LogP contribution is -2.32. The first-order valence-electron chi connectivity index (χ1n) is 7.29. The molecule has 5 heteroatoms. The number of benzene rings is 1. The van der Waals surface area contributed by atoms with E-state index in [1.807, 2.05) is 29.2 Å². The fourth-order valence-electron chi connectivity index (χ4n) is 3.16. The molecule has 0 bridgehead atoms. The van der Waals surface area contributed by atoms with E-state index in [0.717, 1.165) is 30.7 Å². The van der Waals surface area contributed by atoms with Crippen LogP contribution in [0.25, 0.3) is 0 Å². The molecule has 1 aliphatic carbocycles. The molecule has 1 heterocycles. The summed E-state index contributed by atoms with van der Waals surface area (Å²) < 4.78 is 5.15. The summed E-state index contributed by atoms with van der Waals surface area (Å²) in [6, 6.07) is 7.83. The van der Waals surface area contributed by atoms with Gasteiger partial charge in [0.25, 0.3) is 0 Å². The minimum Gasteiger partial charge on any atom is -0.497 e. The van der Waals surface area contributed by atoms with E-state index in [0.29, 0.717) is 6.42 Å². The number of hydrogen-bond acceptors (Lipinski definition) is 3. The first-order valence-corrected chi connectivity index (χ1v) is 7.29. The van der Waals surface area contributed by atoms with Crippen molar-refractivity contribution in [2.24, 2.45) is 11.8 Å². The van der Waals surface area contributed by atoms with E-state index in [9.17, 15) is 9.59 Å². The first-order chi connectivity index (χ1) is 10.1. The number of carbonyl (C=O) groups excluding carboxylic acids is 1. The average Bonchev–Trinajstić information content (AvgIpc) is 3.16. The summed E-state index contributed by atoms with van der Waals surface area (Å²) in [6.07, 6.45) is 2.38. The van der Waals surface area contributed by atoms with Crippen LogP contribution in [-0.2, 0) is 9.59 Å². The Balaban J connectivity index is 1.73. The standard InChI is InChI=1S/C16H19NO4/c1-21-11-6-4-10(5-7-11)14-3-2-8-17(14)15(18)12-9-13(12)16(19)20/h4-7,12-14H,2-3,8-9H2,1H3,(H,19,20)/t12-,13+,14?/m1/s1. The predicted octanol–water partition coefficient (Wildman–Crippen LogP) is 2.08. The third-order valence-corrected chi connectivity index (χ3v) is 4.46. The Hall–Kier alpha value is -2.04. The lowest BCUT2D eigenvalue weighted by molar-refractivity contribution is -0.142. The van der Waals surface area contributed by atoms with Gasteiger partial charge in [-0.25, -0.2) is 0 Å². The molecule has 1 aromatic carbocycles. The van der Waals surface area contributed by atoms with Gasteiger partial charge in [-0.1, -0.05) is 12.1 Å². The molecule has 5 nitrogen and oxygen atoms in total. The number of amides is 1. The molecule has 1 aromatic rings. The Morgan fingerprint density at radius 1 is 1.24 bits per heavy atom. The summed E-state index contributed by atoms with van der Waals surface area (Å²) in [7, 11) is 1.62. The number of nitrogens with zero attached hydrogens (tertiary/aromatic N) is 1. The summed E-state index contributed by atoms with van der Waals surface area (Å²) in [5.74, 6) is -0.854. The van der Waals surface area contributed by atoms with Gasteiger partial charge in [0, 0.05) is 6.54 Å². The maximum Gasteiger partial charge on any atom is 0.307 e. The number of carbonyl (C=O) groups is 2. The van der Waals surface area contributed by atoms with Crippen LogP contribution in [0.4, 0.5) is 0 Å². The average molecular weight is 289 g/mol. The fourth-order valence-corrected chi connectivity index (χ4v) is 3.16. The number of rotatable bonds is 4. The summed E-state index contributed by atoms with van der Waals surface area (Å²) in [5, 5.41) is 8.97. The minimum absolute atomic E-state index is 0.000665. The van der Waals surface area contributed by atoms with E-state index in [-0.39, 0.29) is 17.9 Å². The number of methoxy groups -OCH3 is 1. The topological polar surface area (TPSA) is 66.8 Å². The molecule has 21 heavy (non-hydrogen) atoms. The number of carboxylic acid groups (broad SMARTS) is 1. The maximum absolute atomic E-state index is 12.5. The smallest absolute Gasteiger partial charge is 0.307 e. The molecule has 1 aliphatic heterocycles. The Labute approximate surface area is 123 Å². The summed E-state index contributed by atoms with van der Waals surface area (Å²) >= 11 is 0. The number of aliphatic carboxylic acids is 1. The Morgan fingerprint density at radius 3 is 2.52 bits per heavy atom. The van der Waals surface area contributed by atoms with Crippen LogP contribution < -0.4 is 4.74 Å². The van der Waals surface area contributed by atoms with Crippen molar-refractivity contribution in [1.82, 2.24) is 4.90 Å². The van der Waals surface area contributed by atoms with Crippen molar-refractivity contribution >= 4 is 11.9 Å². The van der Waals surface area contributed by atoms with Crippen molar-refractivity contribution in [3.8, 4) is 5.75 Å². The number of likely N-dealkylation sites (tertiary alicyclic amines) is 1. The predicted molar refractivity (Wildman–Crippen MR) is 75.9 cm³/mol. The normalized spacial score (nSPS) is 27.5. The van der Waals surface area contributed by atoms with Gasteiger partial charge in [0.2, 0.25) is 5.91 Å². The molecule has 3 atom stereocenters. The van der Waals surface area contributed by atoms with Gasteiger partial charge in [-0.15, -0.1) is 0 Å². The van der Waals surface area contributed by atoms with Crippen LogP contribution in [0, 0.1) is 11.8 Å². The zero-order chi connectivity index (χ0) is 15.0. The first kappa shape index (κ1) is 13.9.